The van der Waals surface area contributed by atoms with E-state index in [2.05, 4.69) is 25.6 Å². The third-order valence-electron chi connectivity index (χ3n) is 6.21. The molecule has 2 aromatic heterocycles. The highest BCUT2D eigenvalue weighted by Gasteiger charge is 2.34. The lowest BCUT2D eigenvalue weighted by molar-refractivity contribution is -0.117. The zero-order chi connectivity index (χ0) is 24.5. The summed E-state index contributed by atoms with van der Waals surface area (Å²) in [7, 11) is 1.67. The Morgan fingerprint density at radius 2 is 2.00 bits per heavy atom. The van der Waals surface area contributed by atoms with Crippen molar-refractivity contribution in [1.29, 1.82) is 0 Å². The average molecular weight is 480 g/mol. The van der Waals surface area contributed by atoms with Crippen LogP contribution >= 0.6 is 0 Å². The van der Waals surface area contributed by atoms with Gasteiger partial charge in [0.15, 0.2) is 11.9 Å². The molecule has 1 N–H and O–H groups in total. The Hall–Kier alpha value is -3.89. The summed E-state index contributed by atoms with van der Waals surface area (Å²) in [4.78, 5) is 34.5. The van der Waals surface area contributed by atoms with E-state index in [0.717, 1.165) is 24.0 Å². The molecule has 0 unspecified atom stereocenters. The first kappa shape index (κ1) is 22.9. The van der Waals surface area contributed by atoms with Crippen molar-refractivity contribution in [3.8, 4) is 17.0 Å². The molecule has 2 aliphatic rings. The van der Waals surface area contributed by atoms with Gasteiger partial charge in [-0.15, -0.1) is 5.10 Å². The van der Waals surface area contributed by atoms with Gasteiger partial charge in [-0.2, -0.15) is 0 Å². The van der Waals surface area contributed by atoms with Crippen molar-refractivity contribution in [3.05, 3.63) is 48.0 Å². The van der Waals surface area contributed by atoms with Gasteiger partial charge in [0.25, 0.3) is 5.91 Å². The molecule has 0 bridgehead atoms. The van der Waals surface area contributed by atoms with Crippen LogP contribution in [0.2, 0.25) is 0 Å². The first-order valence-electron chi connectivity index (χ1n) is 11.6. The molecule has 1 aliphatic carbocycles. The molecule has 1 aliphatic heterocycles. The van der Waals surface area contributed by atoms with E-state index >= 15 is 0 Å². The third kappa shape index (κ3) is 5.13. The van der Waals surface area contributed by atoms with Crippen LogP contribution in [0.3, 0.4) is 0 Å². The summed E-state index contributed by atoms with van der Waals surface area (Å²) in [5, 5.41) is 10.4. The Labute approximate surface area is 201 Å². The number of halogens is 1. The van der Waals surface area contributed by atoms with Crippen LogP contribution in [0.25, 0.3) is 11.3 Å². The van der Waals surface area contributed by atoms with Gasteiger partial charge in [-0.1, -0.05) is 5.21 Å². The topological polar surface area (TPSA) is 115 Å². The van der Waals surface area contributed by atoms with E-state index in [9.17, 15) is 14.0 Å². The average Bonchev–Trinajstić information content (AvgIpc) is 3.62. The summed E-state index contributed by atoms with van der Waals surface area (Å²) >= 11 is 0. The molecule has 3 aromatic rings. The largest absolute Gasteiger partial charge is 0.487 e. The smallest absolute Gasteiger partial charge is 0.276 e. The normalized spacial score (nSPS) is 19.9. The number of hydrogen-bond donors (Lipinski definition) is 1. The van der Waals surface area contributed by atoms with Gasteiger partial charge in [0.1, 0.15) is 24.0 Å². The number of amides is 2. The van der Waals surface area contributed by atoms with E-state index < -0.39 is 12.3 Å². The molecule has 11 heteroatoms. The molecule has 2 amide bonds. The maximum Gasteiger partial charge on any atom is 0.276 e. The van der Waals surface area contributed by atoms with E-state index in [1.54, 1.807) is 19.2 Å². The molecular formula is C24H26FN7O3. The SMILES string of the molecule is Cc1cc(-c2cc(NC(=O)C3CC3)ncn2)ccc1O[C@H]1CCN(C(=O)c2cn(C)nn2)C[C@H]1F. The van der Waals surface area contributed by atoms with Crippen LogP contribution in [0.1, 0.15) is 35.3 Å². The minimum Gasteiger partial charge on any atom is -0.487 e. The highest BCUT2D eigenvalue weighted by atomic mass is 19.1. The second-order valence-corrected chi connectivity index (χ2v) is 9.02. The van der Waals surface area contributed by atoms with Gasteiger partial charge in [0.05, 0.1) is 18.4 Å². The highest BCUT2D eigenvalue weighted by Crippen LogP contribution is 2.31. The molecule has 182 valence electrons. The van der Waals surface area contributed by atoms with Gasteiger partial charge < -0.3 is 15.0 Å². The number of piperidine rings is 1. The number of anilines is 1. The zero-order valence-electron chi connectivity index (χ0n) is 19.5. The number of aromatic nitrogens is 5. The van der Waals surface area contributed by atoms with Gasteiger partial charge in [-0.3, -0.25) is 14.3 Å². The van der Waals surface area contributed by atoms with Gasteiger partial charge in [0.2, 0.25) is 5.91 Å². The van der Waals surface area contributed by atoms with E-state index in [0.29, 0.717) is 30.2 Å². The van der Waals surface area contributed by atoms with Crippen LogP contribution in [0.4, 0.5) is 10.2 Å². The van der Waals surface area contributed by atoms with Gasteiger partial charge in [0, 0.05) is 37.6 Å². The van der Waals surface area contributed by atoms with Gasteiger partial charge in [-0.05, 0) is 43.5 Å². The minimum atomic E-state index is -1.33. The first-order valence-corrected chi connectivity index (χ1v) is 11.6. The van der Waals surface area contributed by atoms with Gasteiger partial charge >= 0.3 is 0 Å². The summed E-state index contributed by atoms with van der Waals surface area (Å²) in [6.07, 6.45) is 3.15. The number of nitrogens with zero attached hydrogens (tertiary/aromatic N) is 6. The Morgan fingerprint density at radius 3 is 2.69 bits per heavy atom. The summed E-state index contributed by atoms with van der Waals surface area (Å²) in [5.74, 6) is 0.778. The Bertz CT molecular complexity index is 1260. The van der Waals surface area contributed by atoms with Crippen molar-refractivity contribution < 1.29 is 18.7 Å². The molecule has 5 rings (SSSR count). The number of alkyl halides is 1. The molecule has 1 saturated heterocycles. The number of carbonyl (C=O) groups is 2. The summed E-state index contributed by atoms with van der Waals surface area (Å²) < 4.78 is 22.4. The van der Waals surface area contributed by atoms with E-state index in [4.69, 9.17) is 4.74 Å². The molecule has 35 heavy (non-hydrogen) atoms. The fourth-order valence-electron chi connectivity index (χ4n) is 4.07. The zero-order valence-corrected chi connectivity index (χ0v) is 19.5. The van der Waals surface area contributed by atoms with Crippen molar-refractivity contribution in [2.75, 3.05) is 18.4 Å². The standard InChI is InChI=1S/C24H26FN7O3/c1-14-9-16(18-10-22(27-13-26-18)28-23(33)15-3-4-15)5-6-20(14)35-21-7-8-32(11-17(21)25)24(34)19-12-31(2)30-29-19/h5-6,9-10,12-13,15,17,21H,3-4,7-8,11H2,1-2H3,(H,26,27,28,33)/t17-,21+/m1/s1. The van der Waals surface area contributed by atoms with Crippen LogP contribution in [0.15, 0.2) is 36.8 Å². The Kier molecular flexibility index (Phi) is 6.14. The lowest BCUT2D eigenvalue weighted by Crippen LogP contribution is -2.49. The second kappa shape index (κ2) is 9.40. The summed E-state index contributed by atoms with van der Waals surface area (Å²) in [5.41, 5.74) is 2.53. The predicted octanol–water partition coefficient (Wildman–Crippen LogP) is 2.56. The molecule has 2 fully saturated rings. The van der Waals surface area contributed by atoms with Crippen LogP contribution in [-0.2, 0) is 11.8 Å². The van der Waals surface area contributed by atoms with E-state index in [-0.39, 0.29) is 30.0 Å². The summed E-state index contributed by atoms with van der Waals surface area (Å²) in [6, 6.07) is 7.28. The molecule has 2 atom stereocenters. The fraction of sp³-hybridized carbons (Fsp3) is 0.417. The number of carbonyl (C=O) groups excluding carboxylic acids is 2. The number of hydrogen-bond acceptors (Lipinski definition) is 7. The Morgan fingerprint density at radius 1 is 1.17 bits per heavy atom. The number of nitrogens with one attached hydrogen (secondary N) is 1. The quantitative estimate of drug-likeness (QED) is 0.578. The number of rotatable bonds is 6. The summed E-state index contributed by atoms with van der Waals surface area (Å²) in [6.45, 7) is 2.19. The van der Waals surface area contributed by atoms with Gasteiger partial charge in [-0.25, -0.2) is 14.4 Å². The van der Waals surface area contributed by atoms with Crippen LogP contribution < -0.4 is 10.1 Å². The Balaban J connectivity index is 1.22. The van der Waals surface area contributed by atoms with Crippen LogP contribution in [0, 0.1) is 12.8 Å². The maximum atomic E-state index is 14.9. The first-order chi connectivity index (χ1) is 16.9. The predicted molar refractivity (Wildman–Crippen MR) is 124 cm³/mol. The second-order valence-electron chi connectivity index (χ2n) is 9.02. The number of ether oxygens (including phenoxy) is 1. The van der Waals surface area contributed by atoms with E-state index in [1.165, 1.54) is 22.1 Å². The molecule has 1 saturated carbocycles. The number of benzene rings is 1. The van der Waals surface area contributed by atoms with Crippen LogP contribution in [0.5, 0.6) is 5.75 Å². The number of likely N-dealkylation sites (tertiary alicyclic amines) is 1. The van der Waals surface area contributed by atoms with E-state index in [1.807, 2.05) is 19.1 Å². The van der Waals surface area contributed by atoms with Crippen molar-refractivity contribution in [2.45, 2.75) is 38.5 Å². The van der Waals surface area contributed by atoms with Crippen LogP contribution in [-0.4, -0.2) is 67.0 Å². The lowest BCUT2D eigenvalue weighted by atomic mass is 10.0. The molecule has 0 spiro atoms. The molecular weight excluding hydrogens is 453 g/mol. The highest BCUT2D eigenvalue weighted by molar-refractivity contribution is 5.93. The van der Waals surface area contributed by atoms with Crippen molar-refractivity contribution in [2.24, 2.45) is 13.0 Å². The monoisotopic (exact) mass is 479 g/mol. The van der Waals surface area contributed by atoms with Crippen molar-refractivity contribution in [1.82, 2.24) is 29.9 Å². The van der Waals surface area contributed by atoms with Crippen molar-refractivity contribution >= 4 is 17.6 Å². The lowest BCUT2D eigenvalue weighted by Gasteiger charge is -2.34. The molecule has 1 aromatic carbocycles. The number of aryl methyl sites for hydroxylation is 2. The van der Waals surface area contributed by atoms with Crippen molar-refractivity contribution in [3.63, 3.8) is 0 Å². The third-order valence-corrected chi connectivity index (χ3v) is 6.21. The minimum absolute atomic E-state index is 0.0141. The fourth-order valence-corrected chi connectivity index (χ4v) is 4.07. The maximum absolute atomic E-state index is 14.9. The molecule has 3 heterocycles. The molecule has 0 radical (unpaired) electrons. The molecule has 10 nitrogen and oxygen atoms in total.